The first kappa shape index (κ1) is 10.3. The monoisotopic (exact) mass is 176 g/mol. The molecule has 1 fully saturated rings. The standard InChI is InChI=1S/C13H20/c1-5-8-12(7-3)13(9-10-13)11(4)6-2/h5,7-8,11H,1,3,6,9-10H2,2,4H3/b12-8+. The van der Waals surface area contributed by atoms with Crippen molar-refractivity contribution in [3.8, 4) is 0 Å². The van der Waals surface area contributed by atoms with Crippen molar-refractivity contribution >= 4 is 0 Å². The normalized spacial score (nSPS) is 22.2. The average molecular weight is 176 g/mol. The van der Waals surface area contributed by atoms with Gasteiger partial charge in [-0.15, -0.1) is 0 Å². The highest BCUT2D eigenvalue weighted by Crippen LogP contribution is 2.58. The van der Waals surface area contributed by atoms with Crippen molar-refractivity contribution < 1.29 is 0 Å². The van der Waals surface area contributed by atoms with E-state index in [0.29, 0.717) is 5.41 Å². The first-order valence-corrected chi connectivity index (χ1v) is 5.17. The van der Waals surface area contributed by atoms with Gasteiger partial charge in [0.2, 0.25) is 0 Å². The molecule has 0 heteroatoms. The summed E-state index contributed by atoms with van der Waals surface area (Å²) in [5.41, 5.74) is 1.84. The third-order valence-electron chi connectivity index (χ3n) is 3.44. The summed E-state index contributed by atoms with van der Waals surface area (Å²) in [6.07, 6.45) is 9.90. The molecule has 0 amide bonds. The largest absolute Gasteiger partial charge is 0.0991 e. The van der Waals surface area contributed by atoms with Crippen LogP contribution in [0.25, 0.3) is 0 Å². The molecule has 1 atom stereocenters. The van der Waals surface area contributed by atoms with Crippen molar-refractivity contribution in [3.05, 3.63) is 37.0 Å². The van der Waals surface area contributed by atoms with Crippen molar-refractivity contribution in [2.75, 3.05) is 0 Å². The molecule has 0 heterocycles. The van der Waals surface area contributed by atoms with Gasteiger partial charge in [-0.3, -0.25) is 0 Å². The van der Waals surface area contributed by atoms with Crippen LogP contribution < -0.4 is 0 Å². The Bertz CT molecular complexity index is 228. The van der Waals surface area contributed by atoms with Crippen LogP contribution >= 0.6 is 0 Å². The van der Waals surface area contributed by atoms with Gasteiger partial charge in [0.05, 0.1) is 0 Å². The van der Waals surface area contributed by atoms with Crippen molar-refractivity contribution in [1.82, 2.24) is 0 Å². The summed E-state index contributed by atoms with van der Waals surface area (Å²) < 4.78 is 0. The smallest absolute Gasteiger partial charge is 0.00211 e. The maximum absolute atomic E-state index is 3.89. The molecule has 0 radical (unpaired) electrons. The van der Waals surface area contributed by atoms with E-state index in [0.717, 1.165) is 5.92 Å². The van der Waals surface area contributed by atoms with Crippen LogP contribution in [0.15, 0.2) is 37.0 Å². The predicted octanol–water partition coefficient (Wildman–Crippen LogP) is 4.11. The van der Waals surface area contributed by atoms with Gasteiger partial charge in [-0.25, -0.2) is 0 Å². The fraction of sp³-hybridized carbons (Fsp3) is 0.538. The molecule has 1 aliphatic rings. The SMILES string of the molecule is C=C/C=C(\C=C)C1(C(C)CC)CC1. The summed E-state index contributed by atoms with van der Waals surface area (Å²) in [6, 6.07) is 0. The van der Waals surface area contributed by atoms with E-state index in [1.165, 1.54) is 24.8 Å². The third kappa shape index (κ3) is 1.77. The quantitative estimate of drug-likeness (QED) is 0.553. The second-order valence-electron chi connectivity index (χ2n) is 4.03. The minimum atomic E-state index is 0.449. The molecule has 0 N–H and O–H groups in total. The molecule has 0 aromatic heterocycles. The van der Waals surface area contributed by atoms with Gasteiger partial charge in [0, 0.05) is 0 Å². The Labute approximate surface area is 82.0 Å². The Morgan fingerprint density at radius 1 is 1.46 bits per heavy atom. The maximum Gasteiger partial charge on any atom is -0.00211 e. The highest BCUT2D eigenvalue weighted by molar-refractivity contribution is 5.34. The zero-order chi connectivity index (χ0) is 9.90. The van der Waals surface area contributed by atoms with Crippen LogP contribution in [0.4, 0.5) is 0 Å². The van der Waals surface area contributed by atoms with E-state index in [1.807, 2.05) is 12.2 Å². The Morgan fingerprint density at radius 2 is 2.08 bits per heavy atom. The van der Waals surface area contributed by atoms with Gasteiger partial charge < -0.3 is 0 Å². The van der Waals surface area contributed by atoms with E-state index >= 15 is 0 Å². The van der Waals surface area contributed by atoms with E-state index in [4.69, 9.17) is 0 Å². The summed E-state index contributed by atoms with van der Waals surface area (Å²) in [6.45, 7) is 12.2. The minimum Gasteiger partial charge on any atom is -0.0991 e. The zero-order valence-electron chi connectivity index (χ0n) is 8.84. The maximum atomic E-state index is 3.89. The van der Waals surface area contributed by atoms with Crippen LogP contribution in [0, 0.1) is 11.3 Å². The van der Waals surface area contributed by atoms with E-state index in [2.05, 4.69) is 33.1 Å². The molecular weight excluding hydrogens is 156 g/mol. The van der Waals surface area contributed by atoms with Gasteiger partial charge in [0.1, 0.15) is 0 Å². The van der Waals surface area contributed by atoms with Gasteiger partial charge in [0.15, 0.2) is 0 Å². The molecule has 0 aromatic rings. The molecule has 0 spiro atoms. The van der Waals surface area contributed by atoms with Crippen LogP contribution in [0.3, 0.4) is 0 Å². The van der Waals surface area contributed by atoms with Crippen molar-refractivity contribution in [2.45, 2.75) is 33.1 Å². The molecule has 72 valence electrons. The summed E-state index contributed by atoms with van der Waals surface area (Å²) in [4.78, 5) is 0. The fourth-order valence-electron chi connectivity index (χ4n) is 2.16. The van der Waals surface area contributed by atoms with Crippen molar-refractivity contribution in [3.63, 3.8) is 0 Å². The van der Waals surface area contributed by atoms with E-state index in [9.17, 15) is 0 Å². The Morgan fingerprint density at radius 3 is 2.38 bits per heavy atom. The van der Waals surface area contributed by atoms with Gasteiger partial charge in [-0.05, 0) is 29.7 Å². The first-order chi connectivity index (χ1) is 6.21. The summed E-state index contributed by atoms with van der Waals surface area (Å²) >= 11 is 0. The minimum absolute atomic E-state index is 0.449. The van der Waals surface area contributed by atoms with E-state index < -0.39 is 0 Å². The molecular formula is C13H20. The molecule has 1 unspecified atom stereocenters. The summed E-state index contributed by atoms with van der Waals surface area (Å²) in [5, 5.41) is 0. The molecule has 13 heavy (non-hydrogen) atoms. The number of hydrogen-bond donors (Lipinski definition) is 0. The Hall–Kier alpha value is -0.780. The number of allylic oxidation sites excluding steroid dienone is 4. The number of rotatable bonds is 5. The highest BCUT2D eigenvalue weighted by Gasteiger charge is 2.47. The second kappa shape index (κ2) is 3.95. The van der Waals surface area contributed by atoms with E-state index in [-0.39, 0.29) is 0 Å². The van der Waals surface area contributed by atoms with E-state index in [1.54, 1.807) is 0 Å². The fourth-order valence-corrected chi connectivity index (χ4v) is 2.16. The van der Waals surface area contributed by atoms with Crippen molar-refractivity contribution in [1.29, 1.82) is 0 Å². The lowest BCUT2D eigenvalue weighted by atomic mass is 9.81. The lowest BCUT2D eigenvalue weighted by Gasteiger charge is -2.23. The van der Waals surface area contributed by atoms with Gasteiger partial charge in [0.25, 0.3) is 0 Å². The van der Waals surface area contributed by atoms with Gasteiger partial charge in [-0.1, -0.05) is 51.7 Å². The molecule has 1 rings (SSSR count). The topological polar surface area (TPSA) is 0 Å². The molecule has 0 aliphatic heterocycles. The third-order valence-corrected chi connectivity index (χ3v) is 3.44. The summed E-state index contributed by atoms with van der Waals surface area (Å²) in [7, 11) is 0. The number of hydrogen-bond acceptors (Lipinski definition) is 0. The van der Waals surface area contributed by atoms with Crippen LogP contribution in [0.5, 0.6) is 0 Å². The molecule has 1 aliphatic carbocycles. The zero-order valence-corrected chi connectivity index (χ0v) is 8.84. The van der Waals surface area contributed by atoms with Crippen LogP contribution in [0.1, 0.15) is 33.1 Å². The lowest BCUT2D eigenvalue weighted by molar-refractivity contribution is 0.383. The Balaban J connectivity index is 2.84. The lowest BCUT2D eigenvalue weighted by Crippen LogP contribution is -2.13. The molecule has 1 saturated carbocycles. The summed E-state index contributed by atoms with van der Waals surface area (Å²) in [5.74, 6) is 0.775. The molecule has 0 bridgehead atoms. The van der Waals surface area contributed by atoms with Crippen LogP contribution in [-0.2, 0) is 0 Å². The predicted molar refractivity (Wildman–Crippen MR) is 59.6 cm³/mol. The highest BCUT2D eigenvalue weighted by atomic mass is 14.5. The van der Waals surface area contributed by atoms with Gasteiger partial charge >= 0.3 is 0 Å². The van der Waals surface area contributed by atoms with Gasteiger partial charge in [-0.2, -0.15) is 0 Å². The molecule has 0 nitrogen and oxygen atoms in total. The molecule has 0 saturated heterocycles. The second-order valence-corrected chi connectivity index (χ2v) is 4.03. The Kier molecular flexibility index (Phi) is 3.13. The van der Waals surface area contributed by atoms with Crippen LogP contribution in [0.2, 0.25) is 0 Å². The van der Waals surface area contributed by atoms with Crippen molar-refractivity contribution in [2.24, 2.45) is 11.3 Å². The van der Waals surface area contributed by atoms with Crippen LogP contribution in [-0.4, -0.2) is 0 Å². The average Bonchev–Trinajstić information content (AvgIpc) is 2.94. The first-order valence-electron chi connectivity index (χ1n) is 5.17. The molecule has 0 aromatic carbocycles.